The predicted molar refractivity (Wildman–Crippen MR) is 104 cm³/mol. The van der Waals surface area contributed by atoms with Crippen molar-refractivity contribution in [3.05, 3.63) is 72.6 Å². The predicted octanol–water partition coefficient (Wildman–Crippen LogP) is 4.53. The van der Waals surface area contributed by atoms with Crippen LogP contribution >= 0.6 is 0 Å². The number of alkyl halides is 3. The summed E-state index contributed by atoms with van der Waals surface area (Å²) in [6.45, 7) is 1.88. The molecule has 10 heteroatoms. The van der Waals surface area contributed by atoms with Crippen LogP contribution in [0.15, 0.2) is 61.3 Å². The molecule has 0 unspecified atom stereocenters. The molecule has 2 aromatic heterocycles. The van der Waals surface area contributed by atoms with Crippen molar-refractivity contribution < 1.29 is 17.9 Å². The van der Waals surface area contributed by atoms with Crippen LogP contribution in [-0.4, -0.2) is 31.4 Å². The van der Waals surface area contributed by atoms with Crippen molar-refractivity contribution in [2.45, 2.75) is 13.1 Å². The maximum atomic E-state index is 13.3. The summed E-state index contributed by atoms with van der Waals surface area (Å²) in [7, 11) is 1.53. The summed E-state index contributed by atoms with van der Waals surface area (Å²) < 4.78 is 48.6. The van der Waals surface area contributed by atoms with Gasteiger partial charge in [0.2, 0.25) is 5.95 Å². The van der Waals surface area contributed by atoms with Crippen molar-refractivity contribution in [2.75, 3.05) is 12.4 Å². The number of hydrogen-bond donors (Lipinski definition) is 1. The number of methoxy groups -OCH3 is 1. The van der Waals surface area contributed by atoms with Crippen LogP contribution in [0.5, 0.6) is 5.75 Å². The summed E-state index contributed by atoms with van der Waals surface area (Å²) >= 11 is 0. The summed E-state index contributed by atoms with van der Waals surface area (Å²) in [5, 5.41) is 6.87. The highest BCUT2D eigenvalue weighted by Crippen LogP contribution is 2.36. The van der Waals surface area contributed by atoms with E-state index in [0.717, 1.165) is 17.4 Å². The van der Waals surface area contributed by atoms with Crippen molar-refractivity contribution in [3.63, 3.8) is 0 Å². The first-order chi connectivity index (χ1) is 14.4. The molecule has 0 aliphatic heterocycles. The molecule has 4 rings (SSSR count). The fourth-order valence-corrected chi connectivity index (χ4v) is 3.04. The monoisotopic (exact) mass is 414 g/mol. The molecule has 2 heterocycles. The second-order valence-electron chi connectivity index (χ2n) is 6.44. The van der Waals surface area contributed by atoms with Crippen LogP contribution in [0.4, 0.5) is 24.8 Å². The third kappa shape index (κ3) is 3.71. The minimum absolute atomic E-state index is 0.114. The van der Waals surface area contributed by atoms with Gasteiger partial charge in [0, 0.05) is 12.3 Å². The molecule has 30 heavy (non-hydrogen) atoms. The fourth-order valence-electron chi connectivity index (χ4n) is 3.04. The number of halogens is 3. The number of imidazole rings is 1. The average Bonchev–Trinajstić information content (AvgIpc) is 3.36. The molecule has 7 nitrogen and oxygen atoms in total. The summed E-state index contributed by atoms with van der Waals surface area (Å²) in [5.74, 6) is 0.682. The van der Waals surface area contributed by atoms with Crippen LogP contribution in [-0.2, 0) is 6.18 Å². The van der Waals surface area contributed by atoms with Gasteiger partial charge in [-0.15, -0.1) is 0 Å². The molecule has 1 N–H and O–H groups in total. The van der Waals surface area contributed by atoms with Crippen LogP contribution in [0, 0.1) is 6.92 Å². The lowest BCUT2D eigenvalue weighted by Crippen LogP contribution is -2.11. The van der Waals surface area contributed by atoms with Crippen LogP contribution in [0.25, 0.3) is 11.4 Å². The van der Waals surface area contributed by atoms with E-state index in [1.807, 2.05) is 23.8 Å². The number of para-hydroxylation sites is 1. The molecule has 154 valence electrons. The Morgan fingerprint density at radius 2 is 1.87 bits per heavy atom. The van der Waals surface area contributed by atoms with Gasteiger partial charge >= 0.3 is 6.18 Å². The first-order valence-corrected chi connectivity index (χ1v) is 8.89. The van der Waals surface area contributed by atoms with Gasteiger partial charge in [-0.1, -0.05) is 12.1 Å². The van der Waals surface area contributed by atoms with Gasteiger partial charge in [-0.3, -0.25) is 0 Å². The number of benzene rings is 2. The Morgan fingerprint density at radius 3 is 2.57 bits per heavy atom. The Hall–Kier alpha value is -3.82. The van der Waals surface area contributed by atoms with E-state index in [-0.39, 0.29) is 11.6 Å². The molecular formula is C20H17F3N6O. The second-order valence-corrected chi connectivity index (χ2v) is 6.44. The summed E-state index contributed by atoms with van der Waals surface area (Å²) in [5.41, 5.74) is 1.28. The number of hydrogen-bond acceptors (Lipinski definition) is 5. The van der Waals surface area contributed by atoms with Gasteiger partial charge in [0.05, 0.1) is 41.8 Å². The number of aromatic nitrogens is 5. The van der Waals surface area contributed by atoms with Crippen LogP contribution in [0.3, 0.4) is 0 Å². The standard InChI is InChI=1S/C20H17F3N6O/c1-13-10-28(12-25-13)17-8-7-14(9-18(17)30-2)29-19(24-11-26-29)27-16-6-4-3-5-15(16)20(21,22)23/h3-12H,1-2H3,(H,24,26,27). The molecule has 0 spiro atoms. The first-order valence-electron chi connectivity index (χ1n) is 8.89. The van der Waals surface area contributed by atoms with E-state index in [0.29, 0.717) is 11.4 Å². The van der Waals surface area contributed by atoms with E-state index < -0.39 is 11.7 Å². The normalized spacial score (nSPS) is 11.5. The molecule has 0 bridgehead atoms. The van der Waals surface area contributed by atoms with Gasteiger partial charge in [0.15, 0.2) is 0 Å². The van der Waals surface area contributed by atoms with E-state index in [2.05, 4.69) is 20.4 Å². The van der Waals surface area contributed by atoms with E-state index in [1.165, 1.54) is 36.3 Å². The lowest BCUT2D eigenvalue weighted by Gasteiger charge is -2.15. The fraction of sp³-hybridized carbons (Fsp3) is 0.150. The van der Waals surface area contributed by atoms with E-state index >= 15 is 0 Å². The molecule has 0 aliphatic rings. The van der Waals surface area contributed by atoms with Gasteiger partial charge in [0.25, 0.3) is 0 Å². The topological polar surface area (TPSA) is 69.8 Å². The maximum Gasteiger partial charge on any atom is 0.418 e. The smallest absolute Gasteiger partial charge is 0.418 e. The summed E-state index contributed by atoms with van der Waals surface area (Å²) in [6, 6.07) is 10.5. The van der Waals surface area contributed by atoms with Gasteiger partial charge < -0.3 is 14.6 Å². The molecule has 4 aromatic rings. The number of nitrogens with one attached hydrogen (secondary N) is 1. The van der Waals surface area contributed by atoms with E-state index in [9.17, 15) is 13.2 Å². The van der Waals surface area contributed by atoms with Gasteiger partial charge in [0.1, 0.15) is 12.1 Å². The zero-order valence-corrected chi connectivity index (χ0v) is 16.1. The lowest BCUT2D eigenvalue weighted by atomic mass is 10.1. The summed E-state index contributed by atoms with van der Waals surface area (Å²) in [6.07, 6.45) is 0.290. The van der Waals surface area contributed by atoms with E-state index in [1.54, 1.807) is 18.5 Å². The molecule has 0 fully saturated rings. The Kier molecular flexibility index (Phi) is 4.90. The summed E-state index contributed by atoms with van der Waals surface area (Å²) in [4.78, 5) is 8.28. The molecule has 0 saturated carbocycles. The van der Waals surface area contributed by atoms with Crippen LogP contribution in [0.1, 0.15) is 11.3 Å². The van der Waals surface area contributed by atoms with Crippen molar-refractivity contribution >= 4 is 11.6 Å². The van der Waals surface area contributed by atoms with Gasteiger partial charge in [-0.05, 0) is 31.2 Å². The quantitative estimate of drug-likeness (QED) is 0.520. The second kappa shape index (κ2) is 7.54. The molecular weight excluding hydrogens is 397 g/mol. The molecule has 0 amide bonds. The van der Waals surface area contributed by atoms with Crippen LogP contribution < -0.4 is 10.1 Å². The lowest BCUT2D eigenvalue weighted by molar-refractivity contribution is -0.136. The Labute approximate surface area is 169 Å². The van der Waals surface area contributed by atoms with Crippen molar-refractivity contribution in [1.82, 2.24) is 24.3 Å². The minimum Gasteiger partial charge on any atom is -0.494 e. The molecule has 2 aromatic carbocycles. The number of aryl methyl sites for hydroxylation is 1. The van der Waals surface area contributed by atoms with E-state index in [4.69, 9.17) is 4.74 Å². The number of anilines is 2. The van der Waals surface area contributed by atoms with Crippen molar-refractivity contribution in [1.29, 1.82) is 0 Å². The third-order valence-corrected chi connectivity index (χ3v) is 4.42. The zero-order chi connectivity index (χ0) is 21.3. The minimum atomic E-state index is -4.50. The van der Waals surface area contributed by atoms with Gasteiger partial charge in [-0.25, -0.2) is 4.98 Å². The Morgan fingerprint density at radius 1 is 1.07 bits per heavy atom. The number of ether oxygens (including phenoxy) is 1. The first kappa shape index (κ1) is 19.5. The average molecular weight is 414 g/mol. The SMILES string of the molecule is COc1cc(-n2ncnc2Nc2ccccc2C(F)(F)F)ccc1-n1cnc(C)c1. The molecule has 0 atom stereocenters. The molecule has 0 saturated heterocycles. The highest BCUT2D eigenvalue weighted by molar-refractivity contribution is 5.62. The Balaban J connectivity index is 1.71. The highest BCUT2D eigenvalue weighted by Gasteiger charge is 2.33. The maximum absolute atomic E-state index is 13.3. The zero-order valence-electron chi connectivity index (χ0n) is 16.1. The molecule has 0 aliphatic carbocycles. The van der Waals surface area contributed by atoms with Gasteiger partial charge in [-0.2, -0.15) is 27.9 Å². The van der Waals surface area contributed by atoms with Crippen molar-refractivity contribution in [3.8, 4) is 17.1 Å². The number of rotatable bonds is 5. The Bertz CT molecular complexity index is 1180. The number of nitrogens with zero attached hydrogens (tertiary/aromatic N) is 5. The third-order valence-electron chi connectivity index (χ3n) is 4.42. The van der Waals surface area contributed by atoms with Crippen molar-refractivity contribution in [2.24, 2.45) is 0 Å². The molecule has 0 radical (unpaired) electrons. The largest absolute Gasteiger partial charge is 0.494 e. The highest BCUT2D eigenvalue weighted by atomic mass is 19.4. The van der Waals surface area contributed by atoms with Crippen LogP contribution in [0.2, 0.25) is 0 Å².